The molecule has 0 fully saturated rings. The van der Waals surface area contributed by atoms with Crippen molar-refractivity contribution in [3.8, 4) is 11.5 Å². The SMILES string of the molecule is CCCCC[C@H](N)c1cc(OC)c(OC)cc1F. The van der Waals surface area contributed by atoms with Crippen molar-refractivity contribution in [1.82, 2.24) is 0 Å². The van der Waals surface area contributed by atoms with Gasteiger partial charge in [-0.1, -0.05) is 26.2 Å². The van der Waals surface area contributed by atoms with E-state index in [9.17, 15) is 4.39 Å². The van der Waals surface area contributed by atoms with Crippen molar-refractivity contribution in [2.75, 3.05) is 14.2 Å². The molecule has 0 heterocycles. The Balaban J connectivity index is 2.87. The van der Waals surface area contributed by atoms with Crippen LogP contribution in [0.15, 0.2) is 12.1 Å². The maximum absolute atomic E-state index is 13.9. The molecule has 1 aromatic rings. The zero-order valence-corrected chi connectivity index (χ0v) is 11.3. The van der Waals surface area contributed by atoms with E-state index in [0.29, 0.717) is 17.1 Å². The summed E-state index contributed by atoms with van der Waals surface area (Å²) in [6, 6.07) is 2.66. The Kier molecular flexibility index (Phi) is 5.92. The van der Waals surface area contributed by atoms with Gasteiger partial charge in [-0.2, -0.15) is 0 Å². The minimum absolute atomic E-state index is 0.295. The van der Waals surface area contributed by atoms with Gasteiger partial charge in [0.1, 0.15) is 5.82 Å². The van der Waals surface area contributed by atoms with Gasteiger partial charge in [-0.15, -0.1) is 0 Å². The van der Waals surface area contributed by atoms with Crippen molar-refractivity contribution in [3.05, 3.63) is 23.5 Å². The van der Waals surface area contributed by atoms with E-state index in [1.807, 2.05) is 0 Å². The monoisotopic (exact) mass is 255 g/mol. The van der Waals surface area contributed by atoms with Crippen LogP contribution in [0.4, 0.5) is 4.39 Å². The van der Waals surface area contributed by atoms with Crippen LogP contribution < -0.4 is 15.2 Å². The molecule has 102 valence electrons. The Morgan fingerprint density at radius 1 is 1.17 bits per heavy atom. The van der Waals surface area contributed by atoms with Crippen LogP contribution in [0.5, 0.6) is 11.5 Å². The zero-order chi connectivity index (χ0) is 13.5. The average molecular weight is 255 g/mol. The molecule has 0 bridgehead atoms. The lowest BCUT2D eigenvalue weighted by atomic mass is 10.0. The lowest BCUT2D eigenvalue weighted by Crippen LogP contribution is -2.12. The van der Waals surface area contributed by atoms with Crippen LogP contribution in [0.25, 0.3) is 0 Å². The molecule has 0 aliphatic heterocycles. The predicted octanol–water partition coefficient (Wildman–Crippen LogP) is 3.42. The molecular weight excluding hydrogens is 233 g/mol. The number of methoxy groups -OCH3 is 2. The Morgan fingerprint density at radius 2 is 1.78 bits per heavy atom. The smallest absolute Gasteiger partial charge is 0.163 e. The lowest BCUT2D eigenvalue weighted by Gasteiger charge is -2.16. The highest BCUT2D eigenvalue weighted by Crippen LogP contribution is 2.33. The summed E-state index contributed by atoms with van der Waals surface area (Å²) < 4.78 is 24.1. The largest absolute Gasteiger partial charge is 0.493 e. The lowest BCUT2D eigenvalue weighted by molar-refractivity contribution is 0.350. The first-order chi connectivity index (χ1) is 8.63. The predicted molar refractivity (Wildman–Crippen MR) is 70.6 cm³/mol. The highest BCUT2D eigenvalue weighted by Gasteiger charge is 2.16. The number of hydrogen-bond donors (Lipinski definition) is 1. The Hall–Kier alpha value is -1.29. The zero-order valence-electron chi connectivity index (χ0n) is 11.3. The van der Waals surface area contributed by atoms with E-state index in [2.05, 4.69) is 6.92 Å². The number of nitrogens with two attached hydrogens (primary N) is 1. The Labute approximate surface area is 108 Å². The van der Waals surface area contributed by atoms with Gasteiger partial charge in [0.15, 0.2) is 11.5 Å². The van der Waals surface area contributed by atoms with Gasteiger partial charge in [0.2, 0.25) is 0 Å². The standard InChI is InChI=1S/C14H22FNO2/c1-4-5-6-7-12(16)10-8-13(17-2)14(18-3)9-11(10)15/h8-9,12H,4-7,16H2,1-3H3/t12-/m0/s1. The molecule has 1 atom stereocenters. The first-order valence-corrected chi connectivity index (χ1v) is 6.31. The molecule has 0 saturated heterocycles. The van der Waals surface area contributed by atoms with E-state index in [0.717, 1.165) is 25.7 Å². The molecule has 0 saturated carbocycles. The summed E-state index contributed by atoms with van der Waals surface area (Å²) >= 11 is 0. The fourth-order valence-corrected chi connectivity index (χ4v) is 1.92. The summed E-state index contributed by atoms with van der Waals surface area (Å²) in [5.74, 6) is 0.566. The molecule has 0 aliphatic rings. The minimum atomic E-state index is -0.336. The highest BCUT2D eigenvalue weighted by molar-refractivity contribution is 5.44. The van der Waals surface area contributed by atoms with Crippen molar-refractivity contribution < 1.29 is 13.9 Å². The van der Waals surface area contributed by atoms with Crippen LogP contribution in [-0.4, -0.2) is 14.2 Å². The number of halogens is 1. The van der Waals surface area contributed by atoms with Crippen LogP contribution in [0.2, 0.25) is 0 Å². The summed E-state index contributed by atoms with van der Waals surface area (Å²) in [7, 11) is 3.01. The molecule has 2 N–H and O–H groups in total. The molecule has 0 amide bonds. The topological polar surface area (TPSA) is 44.5 Å². The summed E-state index contributed by atoms with van der Waals surface area (Å²) in [4.78, 5) is 0. The minimum Gasteiger partial charge on any atom is -0.493 e. The van der Waals surface area contributed by atoms with Crippen molar-refractivity contribution >= 4 is 0 Å². The van der Waals surface area contributed by atoms with E-state index in [1.54, 1.807) is 6.07 Å². The molecule has 0 radical (unpaired) electrons. The van der Waals surface area contributed by atoms with Gasteiger partial charge in [0, 0.05) is 17.7 Å². The number of rotatable bonds is 7. The normalized spacial score (nSPS) is 12.3. The second-order valence-corrected chi connectivity index (χ2v) is 4.33. The summed E-state index contributed by atoms with van der Waals surface area (Å²) in [5, 5.41) is 0. The van der Waals surface area contributed by atoms with E-state index in [4.69, 9.17) is 15.2 Å². The molecule has 0 spiro atoms. The fourth-order valence-electron chi connectivity index (χ4n) is 1.92. The molecule has 1 aromatic carbocycles. The third kappa shape index (κ3) is 3.60. The van der Waals surface area contributed by atoms with Gasteiger partial charge in [0.25, 0.3) is 0 Å². The number of ether oxygens (including phenoxy) is 2. The maximum Gasteiger partial charge on any atom is 0.163 e. The first-order valence-electron chi connectivity index (χ1n) is 6.31. The molecular formula is C14H22FNO2. The quantitative estimate of drug-likeness (QED) is 0.759. The van der Waals surface area contributed by atoms with Crippen LogP contribution in [0.3, 0.4) is 0 Å². The summed E-state index contributed by atoms with van der Waals surface area (Å²) in [6.45, 7) is 2.13. The molecule has 4 heteroatoms. The molecule has 0 aliphatic carbocycles. The van der Waals surface area contributed by atoms with E-state index >= 15 is 0 Å². The van der Waals surface area contributed by atoms with E-state index in [1.165, 1.54) is 20.3 Å². The van der Waals surface area contributed by atoms with Crippen molar-refractivity contribution in [2.24, 2.45) is 5.73 Å². The average Bonchev–Trinajstić information content (AvgIpc) is 2.38. The van der Waals surface area contributed by atoms with Crippen LogP contribution in [-0.2, 0) is 0 Å². The van der Waals surface area contributed by atoms with Gasteiger partial charge in [-0.3, -0.25) is 0 Å². The fraction of sp³-hybridized carbons (Fsp3) is 0.571. The summed E-state index contributed by atoms with van der Waals surface area (Å²) in [6.07, 6.45) is 4.02. The van der Waals surface area contributed by atoms with Gasteiger partial charge in [0.05, 0.1) is 14.2 Å². The van der Waals surface area contributed by atoms with Crippen molar-refractivity contribution in [2.45, 2.75) is 38.6 Å². The van der Waals surface area contributed by atoms with Gasteiger partial charge < -0.3 is 15.2 Å². The molecule has 0 aromatic heterocycles. The maximum atomic E-state index is 13.9. The van der Waals surface area contributed by atoms with Crippen molar-refractivity contribution in [3.63, 3.8) is 0 Å². The van der Waals surface area contributed by atoms with Crippen LogP contribution in [0, 0.1) is 5.82 Å². The highest BCUT2D eigenvalue weighted by atomic mass is 19.1. The van der Waals surface area contributed by atoms with Crippen LogP contribution >= 0.6 is 0 Å². The molecule has 0 unspecified atom stereocenters. The molecule has 1 rings (SSSR count). The second-order valence-electron chi connectivity index (χ2n) is 4.33. The van der Waals surface area contributed by atoms with E-state index in [-0.39, 0.29) is 11.9 Å². The van der Waals surface area contributed by atoms with E-state index < -0.39 is 0 Å². The first kappa shape index (κ1) is 14.8. The van der Waals surface area contributed by atoms with Gasteiger partial charge in [-0.05, 0) is 12.5 Å². The third-order valence-electron chi connectivity index (χ3n) is 3.02. The molecule has 3 nitrogen and oxygen atoms in total. The Bertz CT molecular complexity index is 382. The second kappa shape index (κ2) is 7.21. The van der Waals surface area contributed by atoms with Crippen LogP contribution in [0.1, 0.15) is 44.2 Å². The third-order valence-corrected chi connectivity index (χ3v) is 3.02. The molecule has 18 heavy (non-hydrogen) atoms. The number of benzene rings is 1. The van der Waals surface area contributed by atoms with Crippen molar-refractivity contribution in [1.29, 1.82) is 0 Å². The Morgan fingerprint density at radius 3 is 2.33 bits per heavy atom. The van der Waals surface area contributed by atoms with Gasteiger partial charge in [-0.25, -0.2) is 4.39 Å². The number of unbranched alkanes of at least 4 members (excludes halogenated alkanes) is 2. The summed E-state index contributed by atoms with van der Waals surface area (Å²) in [5.41, 5.74) is 6.50. The van der Waals surface area contributed by atoms with Gasteiger partial charge >= 0.3 is 0 Å². The number of hydrogen-bond acceptors (Lipinski definition) is 3.